The highest BCUT2D eigenvalue weighted by atomic mass is 16.5. The first-order chi connectivity index (χ1) is 11.9. The minimum atomic E-state index is -0.188. The van der Waals surface area contributed by atoms with E-state index in [9.17, 15) is 9.90 Å². The first-order valence-corrected chi connectivity index (χ1v) is 10.1. The van der Waals surface area contributed by atoms with Crippen LogP contribution < -0.4 is 0 Å². The molecule has 1 N–H and O–H groups in total. The van der Waals surface area contributed by atoms with Crippen LogP contribution in [0.1, 0.15) is 65.7 Å². The van der Waals surface area contributed by atoms with Crippen molar-refractivity contribution >= 4 is 5.78 Å². The van der Waals surface area contributed by atoms with Crippen LogP contribution in [0.25, 0.3) is 0 Å². The van der Waals surface area contributed by atoms with E-state index in [1.807, 2.05) is 6.08 Å². The van der Waals surface area contributed by atoms with E-state index in [0.717, 1.165) is 32.1 Å². The lowest BCUT2D eigenvalue weighted by Crippen LogP contribution is -2.50. The maximum atomic E-state index is 12.7. The van der Waals surface area contributed by atoms with Crippen molar-refractivity contribution in [1.29, 1.82) is 0 Å². The van der Waals surface area contributed by atoms with E-state index in [2.05, 4.69) is 26.8 Å². The number of rotatable bonds is 3. The highest BCUT2D eigenvalue weighted by Crippen LogP contribution is 2.64. The molecule has 3 nitrogen and oxygen atoms in total. The van der Waals surface area contributed by atoms with Gasteiger partial charge in [-0.25, -0.2) is 0 Å². The minimum Gasteiger partial charge on any atom is -0.512 e. The average Bonchev–Trinajstić information content (AvgIpc) is 2.84. The molecule has 4 aliphatic carbocycles. The molecule has 2 saturated carbocycles. The quantitative estimate of drug-likeness (QED) is 0.735. The molecule has 0 heterocycles. The Balaban J connectivity index is 1.63. The van der Waals surface area contributed by atoms with E-state index < -0.39 is 0 Å². The standard InChI is InChI=1S/C22H32O3/c1-4-11-25-20-19(24)13-18-16-6-5-14-12-15(23)7-9-21(14,2)17(16)8-10-22(18,20)3/h5,7,16-18,20,23H,4,6,8-13H2,1-3H3/t16-,17-,18+,20?,21+,22+/m1/s1. The van der Waals surface area contributed by atoms with Crippen molar-refractivity contribution in [3.63, 3.8) is 0 Å². The predicted molar refractivity (Wildman–Crippen MR) is 98.2 cm³/mol. The summed E-state index contributed by atoms with van der Waals surface area (Å²) in [7, 11) is 0. The Kier molecular flexibility index (Phi) is 4.14. The maximum Gasteiger partial charge on any atom is 0.162 e. The largest absolute Gasteiger partial charge is 0.512 e. The first-order valence-electron chi connectivity index (χ1n) is 10.1. The second kappa shape index (κ2) is 5.97. The molecule has 0 bridgehead atoms. The molecule has 6 atom stereocenters. The Bertz CT molecular complexity index is 633. The molecule has 0 saturated heterocycles. The second-order valence-electron chi connectivity index (χ2n) is 9.30. The number of allylic oxidation sites excluding steroid dienone is 3. The van der Waals surface area contributed by atoms with E-state index in [1.54, 1.807) is 0 Å². The Morgan fingerprint density at radius 3 is 2.84 bits per heavy atom. The fourth-order valence-electron chi connectivity index (χ4n) is 6.58. The summed E-state index contributed by atoms with van der Waals surface area (Å²) in [5, 5.41) is 9.96. The third kappa shape index (κ3) is 2.45. The molecule has 4 aliphatic rings. The van der Waals surface area contributed by atoms with Crippen molar-refractivity contribution in [3.05, 3.63) is 23.5 Å². The van der Waals surface area contributed by atoms with Gasteiger partial charge in [-0.2, -0.15) is 0 Å². The molecule has 0 aromatic carbocycles. The predicted octanol–water partition coefficient (Wildman–Crippen LogP) is 4.98. The fraction of sp³-hybridized carbons (Fsp3) is 0.773. The lowest BCUT2D eigenvalue weighted by atomic mass is 9.48. The molecule has 0 spiro atoms. The fourth-order valence-corrected chi connectivity index (χ4v) is 6.58. The summed E-state index contributed by atoms with van der Waals surface area (Å²) in [6.45, 7) is 7.51. The molecule has 4 rings (SSSR count). The lowest BCUT2D eigenvalue weighted by molar-refractivity contribution is -0.135. The van der Waals surface area contributed by atoms with Gasteiger partial charge in [0.15, 0.2) is 5.78 Å². The molecule has 1 unspecified atom stereocenters. The van der Waals surface area contributed by atoms with Crippen LogP contribution in [0.15, 0.2) is 23.5 Å². The Morgan fingerprint density at radius 1 is 1.28 bits per heavy atom. The molecule has 25 heavy (non-hydrogen) atoms. The molecular weight excluding hydrogens is 312 g/mol. The van der Waals surface area contributed by atoms with Crippen molar-refractivity contribution in [2.75, 3.05) is 6.61 Å². The van der Waals surface area contributed by atoms with Crippen LogP contribution in [0.3, 0.4) is 0 Å². The zero-order valence-corrected chi connectivity index (χ0v) is 15.9. The van der Waals surface area contributed by atoms with Crippen molar-refractivity contribution < 1.29 is 14.6 Å². The summed E-state index contributed by atoms with van der Waals surface area (Å²) in [6, 6.07) is 0. The van der Waals surface area contributed by atoms with Gasteiger partial charge in [-0.05, 0) is 61.3 Å². The smallest absolute Gasteiger partial charge is 0.162 e. The zero-order chi connectivity index (χ0) is 17.8. The number of aliphatic hydroxyl groups excluding tert-OH is 1. The molecule has 2 fully saturated rings. The number of hydrogen-bond donors (Lipinski definition) is 1. The molecule has 138 valence electrons. The van der Waals surface area contributed by atoms with Crippen molar-refractivity contribution in [3.8, 4) is 0 Å². The number of ketones is 1. The van der Waals surface area contributed by atoms with Gasteiger partial charge in [0.1, 0.15) is 6.10 Å². The Labute approximate surface area is 151 Å². The Hall–Kier alpha value is -1.09. The molecule has 0 aromatic rings. The van der Waals surface area contributed by atoms with Gasteiger partial charge in [-0.3, -0.25) is 4.79 Å². The van der Waals surface area contributed by atoms with Gasteiger partial charge < -0.3 is 9.84 Å². The van der Waals surface area contributed by atoms with Crippen molar-refractivity contribution in [2.24, 2.45) is 28.6 Å². The number of carbonyl (C=O) groups is 1. The maximum absolute atomic E-state index is 12.7. The molecule has 0 radical (unpaired) electrons. The van der Waals surface area contributed by atoms with Crippen LogP contribution >= 0.6 is 0 Å². The summed E-state index contributed by atoms with van der Waals surface area (Å²) in [6.07, 6.45) is 10.9. The summed E-state index contributed by atoms with van der Waals surface area (Å²) in [5.41, 5.74) is 1.62. The summed E-state index contributed by atoms with van der Waals surface area (Å²) < 4.78 is 6.05. The first kappa shape index (κ1) is 17.3. The number of Topliss-reactive ketones (excluding diaryl/α,β-unsaturated/α-hetero) is 1. The number of ether oxygens (including phenoxy) is 1. The van der Waals surface area contributed by atoms with Gasteiger partial charge in [-0.15, -0.1) is 0 Å². The average molecular weight is 344 g/mol. The highest BCUT2D eigenvalue weighted by molar-refractivity contribution is 5.87. The van der Waals surface area contributed by atoms with E-state index in [-0.39, 0.29) is 16.9 Å². The summed E-state index contributed by atoms with van der Waals surface area (Å²) >= 11 is 0. The van der Waals surface area contributed by atoms with Crippen LogP contribution in [0.2, 0.25) is 0 Å². The lowest BCUT2D eigenvalue weighted by Gasteiger charge is -2.56. The third-order valence-electron chi connectivity index (χ3n) is 8.00. The van der Waals surface area contributed by atoms with Gasteiger partial charge >= 0.3 is 0 Å². The van der Waals surface area contributed by atoms with Gasteiger partial charge in [0.2, 0.25) is 0 Å². The van der Waals surface area contributed by atoms with Crippen molar-refractivity contribution in [1.82, 2.24) is 0 Å². The van der Waals surface area contributed by atoms with Gasteiger partial charge in [0, 0.05) is 24.9 Å². The van der Waals surface area contributed by atoms with E-state index in [4.69, 9.17) is 4.74 Å². The molecule has 0 amide bonds. The van der Waals surface area contributed by atoms with Gasteiger partial charge in [0.05, 0.1) is 5.76 Å². The highest BCUT2D eigenvalue weighted by Gasteiger charge is 2.61. The van der Waals surface area contributed by atoms with E-state index in [0.29, 0.717) is 42.3 Å². The molecule has 3 heteroatoms. The SMILES string of the molecule is CCCOC1C(=O)C[C@H]2[C@@H]3CC=C4CC(O)=CC[C@]4(C)[C@@H]3CC[C@]12C. The molecule has 0 aliphatic heterocycles. The molecular formula is C22H32O3. The van der Waals surface area contributed by atoms with Crippen LogP contribution in [0, 0.1) is 28.6 Å². The number of aliphatic hydroxyl groups is 1. The zero-order valence-electron chi connectivity index (χ0n) is 15.9. The van der Waals surface area contributed by atoms with Crippen LogP contribution in [-0.2, 0) is 9.53 Å². The summed E-state index contributed by atoms with van der Waals surface area (Å²) in [5.74, 6) is 2.54. The van der Waals surface area contributed by atoms with Gasteiger partial charge in [0.25, 0.3) is 0 Å². The topological polar surface area (TPSA) is 46.5 Å². The monoisotopic (exact) mass is 344 g/mol. The van der Waals surface area contributed by atoms with Crippen LogP contribution in [0.5, 0.6) is 0 Å². The molecule has 0 aromatic heterocycles. The van der Waals surface area contributed by atoms with E-state index in [1.165, 1.54) is 12.0 Å². The number of fused-ring (bicyclic) bond motifs is 5. The second-order valence-corrected chi connectivity index (χ2v) is 9.30. The van der Waals surface area contributed by atoms with Crippen LogP contribution in [-0.4, -0.2) is 23.6 Å². The summed E-state index contributed by atoms with van der Waals surface area (Å²) in [4.78, 5) is 12.7. The van der Waals surface area contributed by atoms with Crippen LogP contribution in [0.4, 0.5) is 0 Å². The number of hydrogen-bond acceptors (Lipinski definition) is 3. The minimum absolute atomic E-state index is 0.0156. The number of carbonyl (C=O) groups excluding carboxylic acids is 1. The van der Waals surface area contributed by atoms with Gasteiger partial charge in [-0.1, -0.05) is 32.4 Å². The Morgan fingerprint density at radius 2 is 2.08 bits per heavy atom. The van der Waals surface area contributed by atoms with Crippen molar-refractivity contribution in [2.45, 2.75) is 71.8 Å². The van der Waals surface area contributed by atoms with E-state index >= 15 is 0 Å². The third-order valence-corrected chi connectivity index (χ3v) is 8.00. The normalized spacial score (nSPS) is 46.0.